The van der Waals surface area contributed by atoms with Gasteiger partial charge < -0.3 is 9.84 Å². The van der Waals surface area contributed by atoms with Crippen molar-refractivity contribution in [1.29, 1.82) is 0 Å². The summed E-state index contributed by atoms with van der Waals surface area (Å²) in [6.07, 6.45) is -0.111. The van der Waals surface area contributed by atoms with Crippen molar-refractivity contribution in [3.8, 4) is 0 Å². The molecule has 3 heteroatoms. The van der Waals surface area contributed by atoms with Crippen LogP contribution in [0, 0.1) is 5.92 Å². The van der Waals surface area contributed by atoms with Gasteiger partial charge in [-0.3, -0.25) is 0 Å². The molecule has 0 bridgehead atoms. The summed E-state index contributed by atoms with van der Waals surface area (Å²) < 4.78 is 4.77. The molecule has 0 aliphatic heterocycles. The van der Waals surface area contributed by atoms with E-state index in [1.54, 1.807) is 6.92 Å². The first-order valence-corrected chi connectivity index (χ1v) is 3.38. The Morgan fingerprint density at radius 1 is 1.50 bits per heavy atom. The van der Waals surface area contributed by atoms with E-state index in [4.69, 9.17) is 9.84 Å². The number of aliphatic hydroxyl groups excluding tert-OH is 1. The summed E-state index contributed by atoms with van der Waals surface area (Å²) >= 11 is 0. The topological polar surface area (TPSA) is 46.5 Å². The molecule has 0 fully saturated rings. The van der Waals surface area contributed by atoms with Crippen LogP contribution in [-0.2, 0) is 9.53 Å². The summed E-state index contributed by atoms with van der Waals surface area (Å²) in [5.41, 5.74) is 0. The standard InChI is InChI=1S/C7H14O3/c1-5(2)6(3)10-7(9)4-8/h5-6,8H,4H2,1-3H3. The first-order valence-electron chi connectivity index (χ1n) is 3.38. The van der Waals surface area contributed by atoms with Crippen LogP contribution in [0.15, 0.2) is 0 Å². The lowest BCUT2D eigenvalue weighted by atomic mass is 10.1. The van der Waals surface area contributed by atoms with E-state index in [1.165, 1.54) is 0 Å². The lowest BCUT2D eigenvalue weighted by Crippen LogP contribution is -2.21. The monoisotopic (exact) mass is 146 g/mol. The highest BCUT2D eigenvalue weighted by Crippen LogP contribution is 2.04. The maximum atomic E-state index is 10.5. The van der Waals surface area contributed by atoms with Gasteiger partial charge in [0.15, 0.2) is 0 Å². The minimum absolute atomic E-state index is 0.111. The molecule has 0 saturated heterocycles. The van der Waals surface area contributed by atoms with Crippen molar-refractivity contribution >= 4 is 5.97 Å². The third-order valence-corrected chi connectivity index (χ3v) is 1.39. The van der Waals surface area contributed by atoms with Crippen LogP contribution < -0.4 is 0 Å². The normalized spacial score (nSPS) is 13.3. The number of aliphatic hydroxyl groups is 1. The molecule has 1 unspecified atom stereocenters. The Morgan fingerprint density at radius 3 is 2.30 bits per heavy atom. The highest BCUT2D eigenvalue weighted by atomic mass is 16.6. The molecule has 0 rings (SSSR count). The molecule has 60 valence electrons. The molecule has 0 radical (unpaired) electrons. The van der Waals surface area contributed by atoms with Crippen LogP contribution in [0.1, 0.15) is 20.8 Å². The van der Waals surface area contributed by atoms with E-state index in [1.807, 2.05) is 13.8 Å². The SMILES string of the molecule is CC(C)C(C)OC(=O)CO. The maximum absolute atomic E-state index is 10.5. The van der Waals surface area contributed by atoms with E-state index in [0.717, 1.165) is 0 Å². The van der Waals surface area contributed by atoms with Gasteiger partial charge in [0.2, 0.25) is 0 Å². The second-order valence-electron chi connectivity index (χ2n) is 2.60. The fourth-order valence-corrected chi connectivity index (χ4v) is 0.381. The van der Waals surface area contributed by atoms with Crippen LogP contribution in [0.2, 0.25) is 0 Å². The summed E-state index contributed by atoms with van der Waals surface area (Å²) in [4.78, 5) is 10.5. The van der Waals surface area contributed by atoms with Crippen LogP contribution in [0.5, 0.6) is 0 Å². The molecule has 0 aromatic heterocycles. The van der Waals surface area contributed by atoms with Crippen LogP contribution in [0.4, 0.5) is 0 Å². The Morgan fingerprint density at radius 2 is 2.00 bits per heavy atom. The van der Waals surface area contributed by atoms with E-state index in [0.29, 0.717) is 5.92 Å². The summed E-state index contributed by atoms with van der Waals surface area (Å²) in [6.45, 7) is 5.18. The van der Waals surface area contributed by atoms with E-state index in [9.17, 15) is 4.79 Å². The smallest absolute Gasteiger partial charge is 0.332 e. The zero-order chi connectivity index (χ0) is 8.15. The molecular formula is C7H14O3. The largest absolute Gasteiger partial charge is 0.461 e. The Labute approximate surface area is 61.0 Å². The molecule has 0 aromatic carbocycles. The molecular weight excluding hydrogens is 132 g/mol. The first-order chi connectivity index (χ1) is 4.57. The minimum Gasteiger partial charge on any atom is -0.461 e. The summed E-state index contributed by atoms with van der Waals surface area (Å²) in [5, 5.41) is 8.29. The molecule has 0 saturated carbocycles. The van der Waals surface area contributed by atoms with Gasteiger partial charge in [0, 0.05) is 0 Å². The van der Waals surface area contributed by atoms with Crippen molar-refractivity contribution < 1.29 is 14.6 Å². The number of hydrogen-bond acceptors (Lipinski definition) is 3. The van der Waals surface area contributed by atoms with E-state index < -0.39 is 12.6 Å². The van der Waals surface area contributed by atoms with Crippen LogP contribution in [-0.4, -0.2) is 23.8 Å². The van der Waals surface area contributed by atoms with Gasteiger partial charge >= 0.3 is 5.97 Å². The van der Waals surface area contributed by atoms with Gasteiger partial charge in [-0.25, -0.2) is 4.79 Å². The predicted molar refractivity (Wildman–Crippen MR) is 37.5 cm³/mol. The fourth-order valence-electron chi connectivity index (χ4n) is 0.381. The highest BCUT2D eigenvalue weighted by Gasteiger charge is 2.10. The zero-order valence-electron chi connectivity index (χ0n) is 6.63. The molecule has 0 heterocycles. The van der Waals surface area contributed by atoms with Crippen LogP contribution >= 0.6 is 0 Å². The number of esters is 1. The third kappa shape index (κ3) is 3.45. The van der Waals surface area contributed by atoms with Gasteiger partial charge in [-0.05, 0) is 12.8 Å². The van der Waals surface area contributed by atoms with Crippen molar-refractivity contribution in [3.63, 3.8) is 0 Å². The predicted octanol–water partition coefficient (Wildman–Crippen LogP) is 0.566. The van der Waals surface area contributed by atoms with Crippen LogP contribution in [0.3, 0.4) is 0 Å². The Hall–Kier alpha value is -0.570. The lowest BCUT2D eigenvalue weighted by molar-refractivity contribution is -0.153. The van der Waals surface area contributed by atoms with Crippen molar-refractivity contribution in [2.24, 2.45) is 5.92 Å². The summed E-state index contributed by atoms with van der Waals surface area (Å²) in [7, 11) is 0. The zero-order valence-corrected chi connectivity index (χ0v) is 6.63. The van der Waals surface area contributed by atoms with Gasteiger partial charge in [0.25, 0.3) is 0 Å². The summed E-state index contributed by atoms with van der Waals surface area (Å²) in [5.74, 6) is -0.253. The van der Waals surface area contributed by atoms with Crippen molar-refractivity contribution in [3.05, 3.63) is 0 Å². The number of carbonyl (C=O) groups is 1. The van der Waals surface area contributed by atoms with E-state index in [2.05, 4.69) is 0 Å². The second-order valence-corrected chi connectivity index (χ2v) is 2.60. The Bertz CT molecular complexity index is 109. The minimum atomic E-state index is -0.554. The van der Waals surface area contributed by atoms with Gasteiger partial charge in [0.05, 0.1) is 0 Å². The van der Waals surface area contributed by atoms with Crippen molar-refractivity contribution in [1.82, 2.24) is 0 Å². The average molecular weight is 146 g/mol. The molecule has 0 aliphatic rings. The molecule has 0 spiro atoms. The molecule has 1 N–H and O–H groups in total. The number of ether oxygens (including phenoxy) is 1. The van der Waals surface area contributed by atoms with Gasteiger partial charge in [0.1, 0.15) is 12.7 Å². The number of hydrogen-bond donors (Lipinski definition) is 1. The maximum Gasteiger partial charge on any atom is 0.332 e. The molecule has 1 atom stereocenters. The quantitative estimate of drug-likeness (QED) is 0.592. The molecule has 3 nitrogen and oxygen atoms in total. The first kappa shape index (κ1) is 9.43. The summed E-state index contributed by atoms with van der Waals surface area (Å²) in [6, 6.07) is 0. The van der Waals surface area contributed by atoms with Gasteiger partial charge in [-0.1, -0.05) is 13.8 Å². The highest BCUT2D eigenvalue weighted by molar-refractivity contribution is 5.70. The molecule has 0 aliphatic carbocycles. The lowest BCUT2D eigenvalue weighted by Gasteiger charge is -2.15. The molecule has 0 amide bonds. The Balaban J connectivity index is 3.57. The average Bonchev–Trinajstić information content (AvgIpc) is 1.87. The Kier molecular flexibility index (Phi) is 4.03. The van der Waals surface area contributed by atoms with Gasteiger partial charge in [-0.15, -0.1) is 0 Å². The van der Waals surface area contributed by atoms with Crippen LogP contribution in [0.25, 0.3) is 0 Å². The fraction of sp³-hybridized carbons (Fsp3) is 0.857. The number of rotatable bonds is 3. The van der Waals surface area contributed by atoms with Crippen molar-refractivity contribution in [2.45, 2.75) is 26.9 Å². The molecule has 0 aromatic rings. The molecule has 10 heavy (non-hydrogen) atoms. The second kappa shape index (κ2) is 4.28. The van der Waals surface area contributed by atoms with E-state index in [-0.39, 0.29) is 6.10 Å². The van der Waals surface area contributed by atoms with Gasteiger partial charge in [-0.2, -0.15) is 0 Å². The third-order valence-electron chi connectivity index (χ3n) is 1.39. The van der Waals surface area contributed by atoms with Crippen molar-refractivity contribution in [2.75, 3.05) is 6.61 Å². The number of carbonyl (C=O) groups excluding carboxylic acids is 1. The van der Waals surface area contributed by atoms with E-state index >= 15 is 0 Å².